The number of hydrogen-bond acceptors (Lipinski definition) is 5. The van der Waals surface area contributed by atoms with E-state index in [9.17, 15) is 4.79 Å². The molecule has 0 radical (unpaired) electrons. The Morgan fingerprint density at radius 1 is 1.22 bits per heavy atom. The molecule has 8 nitrogen and oxygen atoms in total. The fraction of sp³-hybridized carbons (Fsp3) is 0.842. The van der Waals surface area contributed by atoms with E-state index >= 15 is 0 Å². The van der Waals surface area contributed by atoms with Crippen LogP contribution >= 0.6 is 0 Å². The summed E-state index contributed by atoms with van der Waals surface area (Å²) in [5.74, 6) is 2.07. The van der Waals surface area contributed by atoms with Gasteiger partial charge >= 0.3 is 6.03 Å². The SMILES string of the molecule is CC1(C)CN(C(=O)NCCc2nnc3n2CCCCC3)CC2(CCOC2)O1. The number of ether oxygens (including phenoxy) is 2. The molecule has 2 saturated heterocycles. The number of rotatable bonds is 3. The number of aromatic nitrogens is 3. The Balaban J connectivity index is 1.33. The van der Waals surface area contributed by atoms with Gasteiger partial charge < -0.3 is 24.3 Å². The molecule has 1 unspecified atom stereocenters. The van der Waals surface area contributed by atoms with E-state index in [0.717, 1.165) is 31.0 Å². The second kappa shape index (κ2) is 7.39. The topological polar surface area (TPSA) is 81.5 Å². The molecule has 1 atom stereocenters. The Morgan fingerprint density at radius 2 is 2.11 bits per heavy atom. The number of urea groups is 1. The number of carbonyl (C=O) groups excluding carboxylic acids is 1. The van der Waals surface area contributed by atoms with E-state index in [1.165, 1.54) is 19.3 Å². The summed E-state index contributed by atoms with van der Waals surface area (Å²) in [6.45, 7) is 8.07. The first-order valence-electron chi connectivity index (χ1n) is 10.2. The average molecular weight is 377 g/mol. The molecule has 1 aromatic heterocycles. The number of aryl methyl sites for hydroxylation is 1. The van der Waals surface area contributed by atoms with Gasteiger partial charge in [0.05, 0.1) is 25.3 Å². The molecule has 2 amide bonds. The van der Waals surface area contributed by atoms with E-state index < -0.39 is 0 Å². The van der Waals surface area contributed by atoms with Crippen molar-refractivity contribution >= 4 is 6.03 Å². The van der Waals surface area contributed by atoms with Crippen LogP contribution < -0.4 is 5.32 Å². The molecule has 0 aliphatic carbocycles. The highest BCUT2D eigenvalue weighted by molar-refractivity contribution is 5.74. The highest BCUT2D eigenvalue weighted by atomic mass is 16.6. The van der Waals surface area contributed by atoms with Gasteiger partial charge in [-0.3, -0.25) is 0 Å². The average Bonchev–Trinajstić information content (AvgIpc) is 3.13. The molecule has 1 aromatic rings. The summed E-state index contributed by atoms with van der Waals surface area (Å²) in [5, 5.41) is 11.7. The second-order valence-electron chi connectivity index (χ2n) is 8.68. The number of nitrogens with one attached hydrogen (secondary N) is 1. The van der Waals surface area contributed by atoms with Crippen molar-refractivity contribution in [1.82, 2.24) is 25.0 Å². The monoisotopic (exact) mass is 377 g/mol. The molecule has 3 aliphatic rings. The largest absolute Gasteiger partial charge is 0.378 e. The normalized spacial score (nSPS) is 27.4. The standard InChI is InChI=1S/C19H31N5O3/c1-18(2)12-23(13-19(27-18)8-11-26-14-19)17(25)20-9-7-16-22-21-15-6-4-3-5-10-24(15)16/h3-14H2,1-2H3,(H,20,25). The van der Waals surface area contributed by atoms with Crippen molar-refractivity contribution in [3.05, 3.63) is 11.6 Å². The summed E-state index contributed by atoms with van der Waals surface area (Å²) >= 11 is 0. The minimum absolute atomic E-state index is 0.0340. The molecular weight excluding hydrogens is 346 g/mol. The maximum atomic E-state index is 12.8. The Morgan fingerprint density at radius 3 is 2.93 bits per heavy atom. The fourth-order valence-electron chi connectivity index (χ4n) is 4.57. The lowest BCUT2D eigenvalue weighted by Crippen LogP contribution is -2.62. The first-order chi connectivity index (χ1) is 13.0. The number of morpholine rings is 1. The molecule has 0 saturated carbocycles. The zero-order valence-corrected chi connectivity index (χ0v) is 16.5. The first kappa shape index (κ1) is 18.7. The van der Waals surface area contributed by atoms with E-state index in [1.807, 2.05) is 18.7 Å². The zero-order valence-electron chi connectivity index (χ0n) is 16.5. The van der Waals surface area contributed by atoms with Crippen LogP contribution in [0.25, 0.3) is 0 Å². The minimum atomic E-state index is -0.367. The van der Waals surface area contributed by atoms with Crippen molar-refractivity contribution in [3.8, 4) is 0 Å². The van der Waals surface area contributed by atoms with Crippen LogP contribution in [-0.2, 0) is 28.9 Å². The Hall–Kier alpha value is -1.67. The maximum absolute atomic E-state index is 12.8. The molecule has 8 heteroatoms. The van der Waals surface area contributed by atoms with E-state index in [-0.39, 0.29) is 17.2 Å². The van der Waals surface area contributed by atoms with Gasteiger partial charge in [-0.05, 0) is 26.7 Å². The number of hydrogen-bond donors (Lipinski definition) is 1. The number of amides is 2. The lowest BCUT2D eigenvalue weighted by molar-refractivity contribution is -0.185. The van der Waals surface area contributed by atoms with Crippen LogP contribution in [-0.4, -0.2) is 69.7 Å². The van der Waals surface area contributed by atoms with Crippen molar-refractivity contribution < 1.29 is 14.3 Å². The van der Waals surface area contributed by atoms with Crippen LogP contribution in [0.3, 0.4) is 0 Å². The van der Waals surface area contributed by atoms with Crippen molar-refractivity contribution in [2.45, 2.75) is 70.1 Å². The smallest absolute Gasteiger partial charge is 0.317 e. The van der Waals surface area contributed by atoms with E-state index in [4.69, 9.17) is 9.47 Å². The van der Waals surface area contributed by atoms with Gasteiger partial charge in [0.2, 0.25) is 0 Å². The summed E-state index contributed by atoms with van der Waals surface area (Å²) in [6, 6.07) is -0.0340. The second-order valence-corrected chi connectivity index (χ2v) is 8.68. The van der Waals surface area contributed by atoms with Gasteiger partial charge in [0.15, 0.2) is 0 Å². The van der Waals surface area contributed by atoms with Crippen LogP contribution in [0.4, 0.5) is 4.79 Å². The van der Waals surface area contributed by atoms with Crippen LogP contribution in [0.5, 0.6) is 0 Å². The first-order valence-corrected chi connectivity index (χ1v) is 10.2. The summed E-state index contributed by atoms with van der Waals surface area (Å²) < 4.78 is 14.1. The van der Waals surface area contributed by atoms with Gasteiger partial charge in [0, 0.05) is 39.0 Å². The number of nitrogens with zero attached hydrogens (tertiary/aromatic N) is 4. The third-order valence-corrected chi connectivity index (χ3v) is 5.71. The van der Waals surface area contributed by atoms with Crippen LogP contribution in [0.15, 0.2) is 0 Å². The van der Waals surface area contributed by atoms with Gasteiger partial charge in [-0.25, -0.2) is 4.79 Å². The van der Waals surface area contributed by atoms with Crippen molar-refractivity contribution in [2.75, 3.05) is 32.8 Å². The van der Waals surface area contributed by atoms with Gasteiger partial charge in [-0.15, -0.1) is 10.2 Å². The highest BCUT2D eigenvalue weighted by Crippen LogP contribution is 2.34. The summed E-state index contributed by atoms with van der Waals surface area (Å²) in [6.07, 6.45) is 6.17. The zero-order chi connectivity index (χ0) is 18.9. The highest BCUT2D eigenvalue weighted by Gasteiger charge is 2.48. The van der Waals surface area contributed by atoms with Gasteiger partial charge in [-0.2, -0.15) is 0 Å². The van der Waals surface area contributed by atoms with Crippen LogP contribution in [0, 0.1) is 0 Å². The lowest BCUT2D eigenvalue weighted by atomic mass is 9.95. The molecule has 3 aliphatic heterocycles. The molecule has 4 heterocycles. The quantitative estimate of drug-likeness (QED) is 0.864. The molecule has 0 bridgehead atoms. The van der Waals surface area contributed by atoms with E-state index in [1.54, 1.807) is 0 Å². The maximum Gasteiger partial charge on any atom is 0.317 e. The predicted molar refractivity (Wildman–Crippen MR) is 99.6 cm³/mol. The molecule has 1 N–H and O–H groups in total. The van der Waals surface area contributed by atoms with Crippen molar-refractivity contribution in [3.63, 3.8) is 0 Å². The van der Waals surface area contributed by atoms with E-state index in [0.29, 0.717) is 39.3 Å². The van der Waals surface area contributed by atoms with Crippen molar-refractivity contribution in [2.24, 2.45) is 0 Å². The van der Waals surface area contributed by atoms with Gasteiger partial charge in [0.25, 0.3) is 0 Å². The Bertz CT molecular complexity index is 681. The molecule has 4 rings (SSSR count). The number of fused-ring (bicyclic) bond motifs is 1. The fourth-order valence-corrected chi connectivity index (χ4v) is 4.57. The third kappa shape index (κ3) is 4.11. The molecular formula is C19H31N5O3. The third-order valence-electron chi connectivity index (χ3n) is 5.71. The van der Waals surface area contributed by atoms with E-state index in [2.05, 4.69) is 20.1 Å². The molecule has 27 heavy (non-hydrogen) atoms. The number of carbonyl (C=O) groups is 1. The van der Waals surface area contributed by atoms with Crippen LogP contribution in [0.1, 0.15) is 51.2 Å². The Labute approximate surface area is 160 Å². The molecule has 150 valence electrons. The molecule has 1 spiro atoms. The van der Waals surface area contributed by atoms with Crippen molar-refractivity contribution in [1.29, 1.82) is 0 Å². The van der Waals surface area contributed by atoms with Gasteiger partial charge in [0.1, 0.15) is 17.2 Å². The van der Waals surface area contributed by atoms with Crippen LogP contribution in [0.2, 0.25) is 0 Å². The summed E-state index contributed by atoms with van der Waals surface area (Å²) in [7, 11) is 0. The molecule has 0 aromatic carbocycles. The summed E-state index contributed by atoms with van der Waals surface area (Å²) in [4.78, 5) is 14.7. The summed E-state index contributed by atoms with van der Waals surface area (Å²) in [5.41, 5.74) is -0.725. The predicted octanol–water partition coefficient (Wildman–Crippen LogP) is 1.53. The van der Waals surface area contributed by atoms with Gasteiger partial charge in [-0.1, -0.05) is 6.42 Å². The Kier molecular flexibility index (Phi) is 5.11. The molecule has 2 fully saturated rings. The lowest BCUT2D eigenvalue weighted by Gasteiger charge is -2.47. The minimum Gasteiger partial charge on any atom is -0.378 e.